The van der Waals surface area contributed by atoms with Gasteiger partial charge in [0.15, 0.2) is 0 Å². The summed E-state index contributed by atoms with van der Waals surface area (Å²) in [5, 5.41) is 0. The van der Waals surface area contributed by atoms with Crippen LogP contribution in [0.3, 0.4) is 0 Å². The summed E-state index contributed by atoms with van der Waals surface area (Å²) in [7, 11) is 0. The van der Waals surface area contributed by atoms with Crippen molar-refractivity contribution in [3.8, 4) is 0 Å². The normalized spacial score (nSPS) is 11.5. The van der Waals surface area contributed by atoms with E-state index in [0.717, 1.165) is 10.9 Å². The Hall–Kier alpha value is 0.599. The van der Waals surface area contributed by atoms with E-state index in [1.807, 2.05) is 0 Å². The molecule has 0 heterocycles. The van der Waals surface area contributed by atoms with Gasteiger partial charge in [-0.2, -0.15) is 0 Å². The molecule has 1 nitrogen and oxygen atoms in total. The molecule has 0 rings (SSSR count). The minimum atomic E-state index is -1.16. The van der Waals surface area contributed by atoms with Gasteiger partial charge in [0.2, 0.25) is 0 Å². The molecule has 59 valence electrons. The van der Waals surface area contributed by atoms with Crippen LogP contribution in [0.1, 0.15) is 40.0 Å². The zero-order valence-corrected chi connectivity index (χ0v) is 10.1. The molecule has 10 heavy (non-hydrogen) atoms. The Morgan fingerprint density at radius 2 is 1.90 bits per heavy atom. The summed E-state index contributed by atoms with van der Waals surface area (Å²) in [6.45, 7) is 6.75. The van der Waals surface area contributed by atoms with E-state index >= 15 is 0 Å². The molecule has 0 aliphatic rings. The van der Waals surface area contributed by atoms with Crippen LogP contribution in [0.2, 0.25) is 4.44 Å². The van der Waals surface area contributed by atoms with E-state index in [0.29, 0.717) is 5.41 Å². The summed E-state index contributed by atoms with van der Waals surface area (Å²) >= 11 is -1.16. The predicted octanol–water partition coefficient (Wildman–Crippen LogP) is 2.67. The average Bonchev–Trinajstić information content (AvgIpc) is 1.84. The summed E-state index contributed by atoms with van der Waals surface area (Å²) in [5.74, 6) is 0. The molecule has 0 saturated carbocycles. The Morgan fingerprint density at radius 1 is 1.30 bits per heavy atom. The van der Waals surface area contributed by atoms with Crippen molar-refractivity contribution in [1.29, 1.82) is 0 Å². The van der Waals surface area contributed by atoms with Gasteiger partial charge in [-0.25, -0.2) is 0 Å². The van der Waals surface area contributed by atoms with Crippen LogP contribution in [-0.2, 0) is 3.08 Å². The molecule has 0 fully saturated rings. The molecule has 0 bridgehead atoms. The first kappa shape index (κ1) is 10.6. The van der Waals surface area contributed by atoms with Crippen molar-refractivity contribution in [2.45, 2.75) is 44.5 Å². The van der Waals surface area contributed by atoms with Gasteiger partial charge in [-0.05, 0) is 0 Å². The summed E-state index contributed by atoms with van der Waals surface area (Å²) in [5.41, 5.74) is 0.444. The van der Waals surface area contributed by atoms with Crippen LogP contribution in [0, 0.1) is 5.41 Å². The molecular weight excluding hydrogens is 231 g/mol. The molecule has 0 aromatic heterocycles. The molecule has 0 amide bonds. The number of hydrogen-bond donors (Lipinski definition) is 0. The van der Waals surface area contributed by atoms with Crippen LogP contribution in [0.4, 0.5) is 0 Å². The second-order valence-electron chi connectivity index (χ2n) is 3.56. The Morgan fingerprint density at radius 3 is 2.30 bits per heavy atom. The van der Waals surface area contributed by atoms with Crippen molar-refractivity contribution >= 4 is 21.1 Å². The molecule has 0 spiro atoms. The van der Waals surface area contributed by atoms with E-state index in [1.165, 1.54) is 12.8 Å². The Labute approximate surface area is 74.2 Å². The Kier molecular flexibility index (Phi) is 5.59. The van der Waals surface area contributed by atoms with Crippen molar-refractivity contribution < 1.29 is 3.08 Å². The first-order chi connectivity index (χ1) is 4.62. The molecule has 0 atom stereocenters. The molecule has 0 N–H and O–H groups in total. The third kappa shape index (κ3) is 5.39. The van der Waals surface area contributed by atoms with Crippen molar-refractivity contribution in [2.24, 2.45) is 5.41 Å². The van der Waals surface area contributed by atoms with E-state index in [2.05, 4.69) is 20.8 Å². The first-order valence-electron chi connectivity index (χ1n) is 3.97. The molecule has 0 unspecified atom stereocenters. The fraction of sp³-hybridized carbons (Fsp3) is 1.00. The van der Waals surface area contributed by atoms with E-state index < -0.39 is 21.1 Å². The topological polar surface area (TPSA) is 17.1 Å². The molecule has 0 saturated heterocycles. The van der Waals surface area contributed by atoms with Crippen molar-refractivity contribution in [1.82, 2.24) is 0 Å². The molecule has 0 aromatic carbocycles. The van der Waals surface area contributed by atoms with Crippen LogP contribution in [0.25, 0.3) is 0 Å². The number of hydrogen-bond acceptors (Lipinski definition) is 1. The van der Waals surface area contributed by atoms with Crippen molar-refractivity contribution in [3.05, 3.63) is 0 Å². The minimum absolute atomic E-state index is 0.444. The molecule has 0 aromatic rings. The van der Waals surface area contributed by atoms with Crippen molar-refractivity contribution in [2.75, 3.05) is 0 Å². The van der Waals surface area contributed by atoms with Gasteiger partial charge in [0.25, 0.3) is 0 Å². The fourth-order valence-corrected chi connectivity index (χ4v) is 3.41. The van der Waals surface area contributed by atoms with Crippen LogP contribution < -0.4 is 0 Å². The fourth-order valence-electron chi connectivity index (χ4n) is 1.19. The molecule has 2 heteroatoms. The van der Waals surface area contributed by atoms with Crippen LogP contribution >= 0.6 is 0 Å². The Balaban J connectivity index is 3.51. The van der Waals surface area contributed by atoms with Gasteiger partial charge in [0.1, 0.15) is 0 Å². The first-order valence-corrected chi connectivity index (χ1v) is 7.16. The summed E-state index contributed by atoms with van der Waals surface area (Å²) in [6.07, 6.45) is 3.68. The summed E-state index contributed by atoms with van der Waals surface area (Å²) in [6, 6.07) is 0. The van der Waals surface area contributed by atoms with Gasteiger partial charge in [-0.3, -0.25) is 0 Å². The van der Waals surface area contributed by atoms with Crippen LogP contribution in [0.5, 0.6) is 0 Å². The quantitative estimate of drug-likeness (QED) is 0.683. The van der Waals surface area contributed by atoms with E-state index in [4.69, 9.17) is 0 Å². The molecule has 1 radical (unpaired) electrons. The standard InChI is InChI=1S/C8H17.O.Sn/c1-5-7-8(3,4)6-2;;/h2,5-7H2,1,3-4H3;;. The van der Waals surface area contributed by atoms with Gasteiger partial charge in [0, 0.05) is 0 Å². The maximum atomic E-state index is 10.4. The molecule has 0 aliphatic carbocycles. The number of rotatable bonds is 5. The average molecular weight is 248 g/mol. The predicted molar refractivity (Wildman–Crippen MR) is 44.6 cm³/mol. The van der Waals surface area contributed by atoms with Gasteiger partial charge in [0.05, 0.1) is 0 Å². The van der Waals surface area contributed by atoms with Crippen LogP contribution in [-0.4, -0.2) is 21.1 Å². The van der Waals surface area contributed by atoms with Gasteiger partial charge < -0.3 is 0 Å². The van der Waals surface area contributed by atoms with Crippen LogP contribution in [0.15, 0.2) is 0 Å². The zero-order chi connectivity index (χ0) is 8.04. The van der Waals surface area contributed by atoms with Gasteiger partial charge in [-0.1, -0.05) is 0 Å². The van der Waals surface area contributed by atoms with E-state index in [-0.39, 0.29) is 0 Å². The SMILES string of the molecule is CCCC(C)(C)C[CH2][Sn]=[O]. The molecule has 0 aliphatic heterocycles. The maximum absolute atomic E-state index is 10.4. The Bertz CT molecular complexity index is 99.4. The second kappa shape index (κ2) is 5.28. The van der Waals surface area contributed by atoms with Gasteiger partial charge in [-0.15, -0.1) is 0 Å². The molecular formula is C8H17OSn. The third-order valence-corrected chi connectivity index (χ3v) is 3.13. The summed E-state index contributed by atoms with van der Waals surface area (Å²) < 4.78 is 11.4. The van der Waals surface area contributed by atoms with E-state index in [1.54, 1.807) is 0 Å². The third-order valence-electron chi connectivity index (χ3n) is 1.83. The monoisotopic (exact) mass is 249 g/mol. The second-order valence-corrected chi connectivity index (χ2v) is 5.81. The van der Waals surface area contributed by atoms with Crippen molar-refractivity contribution in [3.63, 3.8) is 0 Å². The van der Waals surface area contributed by atoms with Gasteiger partial charge >= 0.3 is 74.1 Å². The zero-order valence-electron chi connectivity index (χ0n) is 7.24. The van der Waals surface area contributed by atoms with E-state index in [9.17, 15) is 3.08 Å². The summed E-state index contributed by atoms with van der Waals surface area (Å²) in [4.78, 5) is 0.